The first-order valence-corrected chi connectivity index (χ1v) is 3.58. The second kappa shape index (κ2) is 4.88. The number of rotatable bonds is 3. The molecule has 0 heterocycles. The normalized spacial score (nSPS) is 13.3. The third kappa shape index (κ3) is 8.01. The van der Waals surface area contributed by atoms with Crippen LogP contribution in [-0.4, -0.2) is 53.2 Å². The minimum absolute atomic E-state index is 0. The average Bonchev–Trinajstić information content (AvgIpc) is 1.60. The topological polar surface area (TPSA) is 101 Å². The fourth-order valence-electron chi connectivity index (χ4n) is 0.224. The molecule has 0 aromatic rings. The summed E-state index contributed by atoms with van der Waals surface area (Å²) in [6, 6.07) is 0. The molecular weight excluding hydrogens is 188 g/mol. The maximum atomic E-state index is 9.88. The number of carboxylic acid groups (broad SMARTS) is 1. The Hall–Kier alpha value is 0.106. The van der Waals surface area contributed by atoms with Crippen molar-refractivity contribution < 1.29 is 29.9 Å². The Balaban J connectivity index is -0.000000135. The first-order chi connectivity index (χ1) is 4.33. The van der Waals surface area contributed by atoms with Crippen molar-refractivity contribution in [2.24, 2.45) is 0 Å². The smallest absolute Gasteiger partial charge is 1.00 e. The zero-order valence-corrected chi connectivity index (χ0v) is 7.95. The van der Waals surface area contributed by atoms with E-state index in [2.05, 4.69) is 4.18 Å². The van der Waals surface area contributed by atoms with Gasteiger partial charge in [-0.15, -0.1) is 0 Å². The average molecular weight is 196 g/mol. The molecule has 0 aromatic carbocycles. The van der Waals surface area contributed by atoms with Gasteiger partial charge in [-0.2, -0.15) is 8.42 Å². The number of hydrogen-bond donors (Lipinski definition) is 2. The van der Waals surface area contributed by atoms with E-state index < -0.39 is 22.5 Å². The van der Waals surface area contributed by atoms with Gasteiger partial charge in [0.1, 0.15) is 0 Å². The van der Waals surface area contributed by atoms with Crippen molar-refractivity contribution in [2.75, 3.05) is 0 Å². The van der Waals surface area contributed by atoms with Crippen LogP contribution in [0, 0.1) is 0 Å². The second-order valence-electron chi connectivity index (χ2n) is 1.50. The molecule has 1 atom stereocenters. The van der Waals surface area contributed by atoms with Gasteiger partial charge in [0.2, 0.25) is 0 Å². The van der Waals surface area contributed by atoms with Gasteiger partial charge in [-0.05, 0) is 6.92 Å². The van der Waals surface area contributed by atoms with E-state index in [0.29, 0.717) is 0 Å². The SMILES string of the molecule is CC(OS(=O)(=O)O)C(=O)O.[H-].[H-].[Mg+2]. The fraction of sp³-hybridized carbons (Fsp3) is 0.667. The van der Waals surface area contributed by atoms with Crippen molar-refractivity contribution in [3.05, 3.63) is 0 Å². The molecule has 6 nitrogen and oxygen atoms in total. The molecule has 0 saturated carbocycles. The monoisotopic (exact) mass is 196 g/mol. The molecule has 2 N–H and O–H groups in total. The standard InChI is InChI=1S/C3H6O6S.Mg.2H/c1-2(3(4)5)9-10(6,7)8;;;/h2H,1H3,(H,4,5)(H,6,7,8);;;/q;+2;2*-1. The Morgan fingerprint density at radius 1 is 1.64 bits per heavy atom. The van der Waals surface area contributed by atoms with Crippen LogP contribution < -0.4 is 0 Å². The van der Waals surface area contributed by atoms with Crippen molar-refractivity contribution in [3.63, 3.8) is 0 Å². The number of aliphatic carboxylic acids is 1. The third-order valence-corrected chi connectivity index (χ3v) is 1.15. The molecule has 1 unspecified atom stereocenters. The molecule has 0 radical (unpaired) electrons. The summed E-state index contributed by atoms with van der Waals surface area (Å²) in [7, 11) is -4.65. The molecule has 0 saturated heterocycles. The van der Waals surface area contributed by atoms with Crippen LogP contribution in [0.4, 0.5) is 0 Å². The maximum Gasteiger partial charge on any atom is 2.00 e. The minimum Gasteiger partial charge on any atom is -1.00 e. The van der Waals surface area contributed by atoms with E-state index in [4.69, 9.17) is 9.66 Å². The summed E-state index contributed by atoms with van der Waals surface area (Å²) >= 11 is 0. The van der Waals surface area contributed by atoms with E-state index >= 15 is 0 Å². The minimum atomic E-state index is -4.65. The zero-order chi connectivity index (χ0) is 8.36. The molecule has 0 fully saturated rings. The molecule has 0 aliphatic carbocycles. The molecule has 0 aromatic heterocycles. The van der Waals surface area contributed by atoms with E-state index in [-0.39, 0.29) is 25.9 Å². The Labute approximate surface area is 82.6 Å². The fourth-order valence-corrected chi connectivity index (χ4v) is 0.671. The Kier molecular flexibility index (Phi) is 6.07. The van der Waals surface area contributed by atoms with Gasteiger partial charge in [-0.1, -0.05) is 0 Å². The number of hydrogen-bond acceptors (Lipinski definition) is 4. The van der Waals surface area contributed by atoms with Gasteiger partial charge in [0.15, 0.2) is 6.10 Å². The van der Waals surface area contributed by atoms with Crippen molar-refractivity contribution in [3.8, 4) is 0 Å². The Bertz CT molecular complexity index is 228. The molecule has 11 heavy (non-hydrogen) atoms. The molecule has 0 bridgehead atoms. The predicted molar refractivity (Wildman–Crippen MR) is 37.7 cm³/mol. The van der Waals surface area contributed by atoms with Crippen LogP contribution in [0.15, 0.2) is 0 Å². The van der Waals surface area contributed by atoms with E-state index in [1.807, 2.05) is 0 Å². The summed E-state index contributed by atoms with van der Waals surface area (Å²) in [5, 5.41) is 8.04. The van der Waals surface area contributed by atoms with E-state index in [9.17, 15) is 13.2 Å². The Morgan fingerprint density at radius 3 is 2.09 bits per heavy atom. The van der Waals surface area contributed by atoms with Crippen LogP contribution in [-0.2, 0) is 19.4 Å². The number of carboxylic acids is 1. The van der Waals surface area contributed by atoms with Crippen LogP contribution in [0.1, 0.15) is 9.78 Å². The van der Waals surface area contributed by atoms with Crippen LogP contribution >= 0.6 is 0 Å². The first kappa shape index (κ1) is 13.7. The molecule has 8 heteroatoms. The van der Waals surface area contributed by atoms with Gasteiger partial charge in [0, 0.05) is 0 Å². The van der Waals surface area contributed by atoms with Gasteiger partial charge in [0.25, 0.3) is 0 Å². The van der Waals surface area contributed by atoms with Crippen molar-refractivity contribution in [1.82, 2.24) is 0 Å². The largest absolute Gasteiger partial charge is 2.00 e. The summed E-state index contributed by atoms with van der Waals surface area (Å²) in [5.74, 6) is -1.46. The quantitative estimate of drug-likeness (QED) is 0.449. The summed E-state index contributed by atoms with van der Waals surface area (Å²) in [5.41, 5.74) is 0. The van der Waals surface area contributed by atoms with E-state index in [0.717, 1.165) is 6.92 Å². The van der Waals surface area contributed by atoms with Crippen molar-refractivity contribution >= 4 is 39.4 Å². The van der Waals surface area contributed by atoms with Crippen LogP contribution in [0.25, 0.3) is 0 Å². The second-order valence-corrected chi connectivity index (χ2v) is 2.55. The molecule has 0 rings (SSSR count). The van der Waals surface area contributed by atoms with Gasteiger partial charge in [0.05, 0.1) is 0 Å². The summed E-state index contributed by atoms with van der Waals surface area (Å²) < 4.78 is 31.2. The molecule has 0 amide bonds. The molecule has 0 spiro atoms. The predicted octanol–water partition coefficient (Wildman–Crippen LogP) is -0.877. The van der Waals surface area contributed by atoms with Gasteiger partial charge < -0.3 is 7.96 Å². The third-order valence-electron chi connectivity index (χ3n) is 0.614. The first-order valence-electron chi connectivity index (χ1n) is 2.21. The molecule has 0 aliphatic heterocycles. The van der Waals surface area contributed by atoms with Gasteiger partial charge in [-0.25, -0.2) is 8.98 Å². The van der Waals surface area contributed by atoms with Gasteiger partial charge in [-0.3, -0.25) is 4.55 Å². The van der Waals surface area contributed by atoms with Crippen molar-refractivity contribution in [2.45, 2.75) is 13.0 Å². The Morgan fingerprint density at radius 2 is 2.00 bits per heavy atom. The maximum absolute atomic E-state index is 9.88. The zero-order valence-electron chi connectivity index (χ0n) is 7.72. The van der Waals surface area contributed by atoms with Gasteiger partial charge >= 0.3 is 39.4 Å². The van der Waals surface area contributed by atoms with Crippen LogP contribution in [0.3, 0.4) is 0 Å². The molecule has 0 aliphatic rings. The van der Waals surface area contributed by atoms with Crippen molar-refractivity contribution in [1.29, 1.82) is 0 Å². The number of carbonyl (C=O) groups is 1. The van der Waals surface area contributed by atoms with E-state index in [1.54, 1.807) is 0 Å². The molecule has 64 valence electrons. The van der Waals surface area contributed by atoms with Crippen LogP contribution in [0.5, 0.6) is 0 Å². The van der Waals surface area contributed by atoms with Crippen LogP contribution in [0.2, 0.25) is 0 Å². The molecular formula is C3H8MgO6S. The summed E-state index contributed by atoms with van der Waals surface area (Å²) in [6.45, 7) is 0.982. The van der Waals surface area contributed by atoms with E-state index in [1.165, 1.54) is 0 Å². The summed E-state index contributed by atoms with van der Waals surface area (Å²) in [6.07, 6.45) is -1.56. The summed E-state index contributed by atoms with van der Waals surface area (Å²) in [4.78, 5) is 9.88.